The number of H-pyrrole nitrogens is 1. The van der Waals surface area contributed by atoms with E-state index >= 15 is 0 Å². The van der Waals surface area contributed by atoms with Gasteiger partial charge in [-0.3, -0.25) is 0 Å². The zero-order chi connectivity index (χ0) is 8.10. The van der Waals surface area contributed by atoms with Crippen LogP contribution in [0.4, 0.5) is 0 Å². The highest BCUT2D eigenvalue weighted by Crippen LogP contribution is 2.10. The molecule has 0 amide bonds. The Morgan fingerprint density at radius 3 is 2.92 bits per heavy atom. The number of aromatic amines is 1. The lowest BCUT2D eigenvalue weighted by Crippen LogP contribution is -3.00. The van der Waals surface area contributed by atoms with Gasteiger partial charge in [-0.2, -0.15) is 11.8 Å². The fourth-order valence-corrected chi connectivity index (χ4v) is 1.58. The summed E-state index contributed by atoms with van der Waals surface area (Å²) in [7, 11) is 0. The molecule has 0 unspecified atom stereocenters. The van der Waals surface area contributed by atoms with Gasteiger partial charge in [0.05, 0.1) is 12.0 Å². The summed E-state index contributed by atoms with van der Waals surface area (Å²) in [6.45, 7) is 2.78. The molecule has 0 aromatic carbocycles. The Morgan fingerprint density at radius 2 is 2.42 bits per heavy atom. The van der Waals surface area contributed by atoms with Crippen molar-refractivity contribution in [1.29, 1.82) is 0 Å². The van der Waals surface area contributed by atoms with Crippen molar-refractivity contribution in [2.75, 3.05) is 12.3 Å². The van der Waals surface area contributed by atoms with E-state index in [-0.39, 0.29) is 12.4 Å². The Morgan fingerprint density at radius 1 is 1.67 bits per heavy atom. The average molecular weight is 207 g/mol. The van der Waals surface area contributed by atoms with E-state index in [0.29, 0.717) is 0 Å². The Bertz CT molecular complexity index is 214. The maximum atomic E-state index is 5.36. The second-order valence-corrected chi connectivity index (χ2v) is 3.42. The van der Waals surface area contributed by atoms with Crippen molar-refractivity contribution in [1.82, 2.24) is 9.97 Å². The standard InChI is InChI=1S/C7H13N3S.ClH/c1-6-7(10-5-9-6)4-11-3-2-8;/h5H,2-4,8H2,1H3,(H,9,10);1H/p-1. The zero-order valence-electron chi connectivity index (χ0n) is 7.01. The lowest BCUT2D eigenvalue weighted by Gasteiger charge is -1.96. The summed E-state index contributed by atoms with van der Waals surface area (Å²) >= 11 is 1.82. The maximum absolute atomic E-state index is 5.36. The summed E-state index contributed by atoms with van der Waals surface area (Å²) in [5.74, 6) is 1.97. The summed E-state index contributed by atoms with van der Waals surface area (Å²) in [6.07, 6.45) is 1.73. The Hall–Kier alpha value is -0.190. The van der Waals surface area contributed by atoms with E-state index in [1.54, 1.807) is 6.33 Å². The number of nitrogens with zero attached hydrogens (tertiary/aromatic N) is 1. The van der Waals surface area contributed by atoms with Crippen LogP contribution in [-0.2, 0) is 5.75 Å². The molecule has 1 aromatic rings. The summed E-state index contributed by atoms with van der Waals surface area (Å²) in [4.78, 5) is 7.21. The van der Waals surface area contributed by atoms with Crippen LogP contribution in [0, 0.1) is 6.92 Å². The van der Waals surface area contributed by atoms with Crippen LogP contribution in [0.2, 0.25) is 0 Å². The Balaban J connectivity index is 0.00000121. The Labute approximate surface area is 82.9 Å². The highest BCUT2D eigenvalue weighted by atomic mass is 35.5. The second-order valence-electron chi connectivity index (χ2n) is 2.32. The van der Waals surface area contributed by atoms with Crippen LogP contribution in [0.15, 0.2) is 6.33 Å². The quantitative estimate of drug-likeness (QED) is 0.556. The second kappa shape index (κ2) is 6.34. The molecule has 1 aromatic heterocycles. The molecular formula is C7H13ClN3S-. The normalized spacial score (nSPS) is 9.50. The average Bonchev–Trinajstić information content (AvgIpc) is 2.37. The monoisotopic (exact) mass is 206 g/mol. The molecule has 0 radical (unpaired) electrons. The first-order valence-electron chi connectivity index (χ1n) is 3.61. The van der Waals surface area contributed by atoms with Gasteiger partial charge in [0.15, 0.2) is 0 Å². The molecule has 0 bridgehead atoms. The number of aryl methyl sites for hydroxylation is 1. The van der Waals surface area contributed by atoms with Gasteiger partial charge < -0.3 is 23.1 Å². The predicted octanol–water partition coefficient (Wildman–Crippen LogP) is -2.09. The minimum absolute atomic E-state index is 0. The summed E-state index contributed by atoms with van der Waals surface area (Å²) < 4.78 is 0. The van der Waals surface area contributed by atoms with Gasteiger partial charge in [-0.05, 0) is 6.92 Å². The first-order chi connectivity index (χ1) is 5.34. The van der Waals surface area contributed by atoms with Crippen molar-refractivity contribution in [3.63, 3.8) is 0 Å². The molecule has 5 heteroatoms. The molecule has 1 heterocycles. The van der Waals surface area contributed by atoms with E-state index in [9.17, 15) is 0 Å². The topological polar surface area (TPSA) is 54.7 Å². The lowest BCUT2D eigenvalue weighted by molar-refractivity contribution is -0.00000261. The minimum atomic E-state index is 0. The molecule has 0 saturated carbocycles. The molecule has 70 valence electrons. The highest BCUT2D eigenvalue weighted by molar-refractivity contribution is 7.98. The lowest BCUT2D eigenvalue weighted by atomic mass is 10.4. The molecule has 3 nitrogen and oxygen atoms in total. The molecule has 0 atom stereocenters. The predicted molar refractivity (Wildman–Crippen MR) is 48.5 cm³/mol. The van der Waals surface area contributed by atoms with E-state index in [1.165, 1.54) is 0 Å². The largest absolute Gasteiger partial charge is 1.00 e. The summed E-state index contributed by atoms with van der Waals surface area (Å²) in [6, 6.07) is 0. The van der Waals surface area contributed by atoms with Gasteiger partial charge in [0.1, 0.15) is 0 Å². The van der Waals surface area contributed by atoms with Gasteiger partial charge in [-0.25, -0.2) is 4.98 Å². The third-order valence-corrected chi connectivity index (χ3v) is 2.44. The molecule has 12 heavy (non-hydrogen) atoms. The van der Waals surface area contributed by atoms with Crippen LogP contribution in [0.3, 0.4) is 0 Å². The maximum Gasteiger partial charge on any atom is 0.0925 e. The number of thioether (sulfide) groups is 1. The molecule has 3 N–H and O–H groups in total. The number of nitrogens with two attached hydrogens (primary N) is 1. The van der Waals surface area contributed by atoms with Crippen LogP contribution >= 0.6 is 11.8 Å². The molecular weight excluding hydrogens is 194 g/mol. The van der Waals surface area contributed by atoms with E-state index < -0.39 is 0 Å². The zero-order valence-corrected chi connectivity index (χ0v) is 8.58. The third-order valence-electron chi connectivity index (χ3n) is 1.44. The molecule has 0 fully saturated rings. The molecule has 1 rings (SSSR count). The number of nitrogens with one attached hydrogen (secondary N) is 1. The highest BCUT2D eigenvalue weighted by Gasteiger charge is 1.98. The minimum Gasteiger partial charge on any atom is -1.00 e. The van der Waals surface area contributed by atoms with E-state index in [2.05, 4.69) is 9.97 Å². The van der Waals surface area contributed by atoms with E-state index in [0.717, 1.165) is 29.4 Å². The molecule has 0 aliphatic carbocycles. The van der Waals surface area contributed by atoms with E-state index in [1.807, 2.05) is 18.7 Å². The van der Waals surface area contributed by atoms with Crippen LogP contribution in [0.25, 0.3) is 0 Å². The summed E-state index contributed by atoms with van der Waals surface area (Å²) in [5, 5.41) is 0. The van der Waals surface area contributed by atoms with Crippen molar-refractivity contribution in [2.24, 2.45) is 5.73 Å². The number of rotatable bonds is 4. The van der Waals surface area contributed by atoms with Crippen LogP contribution < -0.4 is 18.1 Å². The van der Waals surface area contributed by atoms with Gasteiger partial charge in [-0.15, -0.1) is 0 Å². The van der Waals surface area contributed by atoms with Gasteiger partial charge >= 0.3 is 0 Å². The first-order valence-corrected chi connectivity index (χ1v) is 4.76. The molecule has 0 aliphatic heterocycles. The fraction of sp³-hybridized carbons (Fsp3) is 0.571. The van der Waals surface area contributed by atoms with Crippen molar-refractivity contribution in [2.45, 2.75) is 12.7 Å². The number of hydrogen-bond acceptors (Lipinski definition) is 3. The van der Waals surface area contributed by atoms with Crippen LogP contribution in [0.5, 0.6) is 0 Å². The number of aromatic nitrogens is 2. The van der Waals surface area contributed by atoms with Gasteiger partial charge in [-0.1, -0.05) is 0 Å². The smallest absolute Gasteiger partial charge is 0.0925 e. The van der Waals surface area contributed by atoms with Crippen LogP contribution in [-0.4, -0.2) is 22.3 Å². The van der Waals surface area contributed by atoms with Crippen molar-refractivity contribution in [3.05, 3.63) is 17.7 Å². The Kier molecular flexibility index (Phi) is 6.24. The van der Waals surface area contributed by atoms with Gasteiger partial charge in [0.2, 0.25) is 0 Å². The third kappa shape index (κ3) is 3.47. The summed E-state index contributed by atoms with van der Waals surface area (Å²) in [5.41, 5.74) is 7.66. The first kappa shape index (κ1) is 11.8. The van der Waals surface area contributed by atoms with Crippen molar-refractivity contribution < 1.29 is 12.4 Å². The fourth-order valence-electron chi connectivity index (χ4n) is 0.785. The van der Waals surface area contributed by atoms with Gasteiger partial charge in [0.25, 0.3) is 0 Å². The van der Waals surface area contributed by atoms with Crippen molar-refractivity contribution in [3.8, 4) is 0 Å². The van der Waals surface area contributed by atoms with Gasteiger partial charge in [0, 0.05) is 23.7 Å². The number of halogens is 1. The van der Waals surface area contributed by atoms with Crippen molar-refractivity contribution >= 4 is 11.8 Å². The van der Waals surface area contributed by atoms with E-state index in [4.69, 9.17) is 5.73 Å². The molecule has 0 saturated heterocycles. The SMILES string of the molecule is Cc1[nH]cnc1CSCCN.[Cl-]. The molecule has 0 spiro atoms. The number of hydrogen-bond donors (Lipinski definition) is 2. The van der Waals surface area contributed by atoms with Crippen LogP contribution in [0.1, 0.15) is 11.4 Å². The number of imidazole rings is 1. The molecule has 0 aliphatic rings.